The van der Waals surface area contributed by atoms with Crippen molar-refractivity contribution in [1.82, 2.24) is 15.5 Å². The predicted octanol–water partition coefficient (Wildman–Crippen LogP) is 1.42. The third kappa shape index (κ3) is 6.04. The molecule has 5 nitrogen and oxygen atoms in total. The van der Waals surface area contributed by atoms with Crippen LogP contribution in [0.25, 0.3) is 0 Å². The number of likely N-dealkylation sites (N-methyl/N-ethyl adjacent to an activating group) is 1. The fourth-order valence-electron chi connectivity index (χ4n) is 1.70. The Bertz CT molecular complexity index is 353. The third-order valence-corrected chi connectivity index (χ3v) is 3.69. The number of hydrogen-bond donors (Lipinski definition) is 3. The van der Waals surface area contributed by atoms with Crippen molar-refractivity contribution in [3.8, 4) is 0 Å². The van der Waals surface area contributed by atoms with Gasteiger partial charge in [-0.05, 0) is 35.5 Å². The summed E-state index contributed by atoms with van der Waals surface area (Å²) in [6.07, 6.45) is -0.639. The number of hydrogen-bond acceptors (Lipinski definition) is 4. The molecule has 0 aromatic carbocycles. The molecule has 0 aliphatic carbocycles. The Morgan fingerprint density at radius 1 is 1.42 bits per heavy atom. The molecule has 19 heavy (non-hydrogen) atoms. The number of aliphatic hydroxyl groups excluding tert-OH is 1. The smallest absolute Gasteiger partial charge is 0.314 e. The Morgan fingerprint density at radius 3 is 2.74 bits per heavy atom. The van der Waals surface area contributed by atoms with Gasteiger partial charge in [-0.25, -0.2) is 4.79 Å². The average molecular weight is 285 g/mol. The van der Waals surface area contributed by atoms with Crippen LogP contribution in [0.4, 0.5) is 4.79 Å². The minimum atomic E-state index is -0.639. The Balaban J connectivity index is 2.14. The first-order chi connectivity index (χ1) is 9.17. The van der Waals surface area contributed by atoms with Gasteiger partial charge >= 0.3 is 6.03 Å². The van der Waals surface area contributed by atoms with E-state index in [2.05, 4.69) is 29.4 Å². The van der Waals surface area contributed by atoms with Crippen LogP contribution >= 0.6 is 11.3 Å². The second kappa shape index (κ2) is 8.90. The van der Waals surface area contributed by atoms with Crippen molar-refractivity contribution in [2.75, 3.05) is 32.7 Å². The third-order valence-electron chi connectivity index (χ3n) is 2.99. The largest absolute Gasteiger partial charge is 0.387 e. The summed E-state index contributed by atoms with van der Waals surface area (Å²) in [5.41, 5.74) is 0.841. The van der Waals surface area contributed by atoms with E-state index in [4.69, 9.17) is 0 Å². The van der Waals surface area contributed by atoms with Crippen LogP contribution < -0.4 is 10.6 Å². The summed E-state index contributed by atoms with van der Waals surface area (Å²) in [5, 5.41) is 19.0. The molecule has 108 valence electrons. The zero-order valence-corrected chi connectivity index (χ0v) is 12.4. The van der Waals surface area contributed by atoms with Crippen LogP contribution in [-0.4, -0.2) is 48.8 Å². The van der Waals surface area contributed by atoms with E-state index >= 15 is 0 Å². The number of rotatable bonds is 8. The van der Waals surface area contributed by atoms with E-state index in [9.17, 15) is 9.90 Å². The summed E-state index contributed by atoms with van der Waals surface area (Å²) in [6.45, 7) is 7.85. The van der Waals surface area contributed by atoms with E-state index in [0.29, 0.717) is 6.54 Å². The van der Waals surface area contributed by atoms with Crippen LogP contribution in [-0.2, 0) is 0 Å². The highest BCUT2D eigenvalue weighted by atomic mass is 32.1. The SMILES string of the molecule is CCN(CC)CCNC(=O)NCC(O)c1ccsc1. The first-order valence-electron chi connectivity index (χ1n) is 6.61. The Morgan fingerprint density at radius 2 is 2.16 bits per heavy atom. The minimum absolute atomic E-state index is 0.230. The number of thiophene rings is 1. The molecular weight excluding hydrogens is 262 g/mol. The summed E-state index contributed by atoms with van der Waals surface area (Å²) in [6, 6.07) is 1.62. The van der Waals surface area contributed by atoms with Gasteiger partial charge in [0.1, 0.15) is 0 Å². The van der Waals surface area contributed by atoms with Crippen molar-refractivity contribution in [2.24, 2.45) is 0 Å². The highest BCUT2D eigenvalue weighted by molar-refractivity contribution is 7.07. The van der Waals surface area contributed by atoms with Gasteiger partial charge in [0, 0.05) is 19.6 Å². The van der Waals surface area contributed by atoms with Crippen molar-refractivity contribution in [3.63, 3.8) is 0 Å². The first kappa shape index (κ1) is 15.9. The van der Waals surface area contributed by atoms with Crippen molar-refractivity contribution in [2.45, 2.75) is 20.0 Å². The van der Waals surface area contributed by atoms with Gasteiger partial charge in [-0.3, -0.25) is 0 Å². The Hall–Kier alpha value is -1.11. The molecule has 0 fully saturated rings. The number of nitrogens with one attached hydrogen (secondary N) is 2. The topological polar surface area (TPSA) is 64.6 Å². The quantitative estimate of drug-likeness (QED) is 0.677. The van der Waals surface area contributed by atoms with E-state index in [-0.39, 0.29) is 12.6 Å². The van der Waals surface area contributed by atoms with Crippen molar-refractivity contribution < 1.29 is 9.90 Å². The fraction of sp³-hybridized carbons (Fsp3) is 0.615. The summed E-state index contributed by atoms with van der Waals surface area (Å²) in [4.78, 5) is 13.8. The summed E-state index contributed by atoms with van der Waals surface area (Å²) in [5.74, 6) is 0. The maximum atomic E-state index is 11.5. The monoisotopic (exact) mass is 285 g/mol. The maximum Gasteiger partial charge on any atom is 0.314 e. The number of carbonyl (C=O) groups is 1. The molecule has 0 aliphatic heterocycles. The van der Waals surface area contributed by atoms with Gasteiger partial charge in [0.15, 0.2) is 0 Å². The van der Waals surface area contributed by atoms with Crippen molar-refractivity contribution >= 4 is 17.4 Å². The molecule has 0 saturated carbocycles. The number of nitrogens with zero attached hydrogens (tertiary/aromatic N) is 1. The number of aliphatic hydroxyl groups is 1. The highest BCUT2D eigenvalue weighted by Gasteiger charge is 2.09. The van der Waals surface area contributed by atoms with Gasteiger partial charge in [-0.1, -0.05) is 13.8 Å². The zero-order valence-electron chi connectivity index (χ0n) is 11.6. The lowest BCUT2D eigenvalue weighted by Crippen LogP contribution is -2.41. The molecule has 1 unspecified atom stereocenters. The molecule has 1 heterocycles. The summed E-state index contributed by atoms with van der Waals surface area (Å²) < 4.78 is 0. The maximum absolute atomic E-state index is 11.5. The van der Waals surface area contributed by atoms with Gasteiger partial charge in [0.2, 0.25) is 0 Å². The Labute approximate surface area is 118 Å². The molecule has 0 radical (unpaired) electrons. The zero-order chi connectivity index (χ0) is 14.1. The van der Waals surface area contributed by atoms with Gasteiger partial charge in [0.05, 0.1) is 6.10 Å². The van der Waals surface area contributed by atoms with Crippen LogP contribution in [0, 0.1) is 0 Å². The molecule has 1 rings (SSSR count). The Kier molecular flexibility index (Phi) is 7.47. The van der Waals surface area contributed by atoms with E-state index < -0.39 is 6.10 Å². The lowest BCUT2D eigenvalue weighted by molar-refractivity contribution is 0.173. The molecule has 2 amide bonds. The van der Waals surface area contributed by atoms with E-state index in [0.717, 1.165) is 25.2 Å². The average Bonchev–Trinajstić information content (AvgIpc) is 2.95. The molecular formula is C13H23N3O2S. The number of carbonyl (C=O) groups excluding carboxylic acids is 1. The molecule has 6 heteroatoms. The standard InChI is InChI=1S/C13H23N3O2S/c1-3-16(4-2)7-6-14-13(18)15-9-12(17)11-5-8-19-10-11/h5,8,10,12,17H,3-4,6-7,9H2,1-2H3,(H2,14,15,18). The van der Waals surface area contributed by atoms with Crippen molar-refractivity contribution in [1.29, 1.82) is 0 Å². The molecule has 0 spiro atoms. The second-order valence-electron chi connectivity index (χ2n) is 4.24. The molecule has 0 bridgehead atoms. The van der Waals surface area contributed by atoms with Gasteiger partial charge in [-0.2, -0.15) is 11.3 Å². The van der Waals surface area contributed by atoms with Gasteiger partial charge in [-0.15, -0.1) is 0 Å². The van der Waals surface area contributed by atoms with E-state index in [1.54, 1.807) is 0 Å². The predicted molar refractivity (Wildman–Crippen MR) is 78.5 cm³/mol. The molecule has 1 atom stereocenters. The number of urea groups is 1. The minimum Gasteiger partial charge on any atom is -0.387 e. The van der Waals surface area contributed by atoms with Gasteiger partial charge < -0.3 is 20.6 Å². The molecule has 0 saturated heterocycles. The van der Waals surface area contributed by atoms with Crippen molar-refractivity contribution in [3.05, 3.63) is 22.4 Å². The molecule has 1 aromatic rings. The first-order valence-corrected chi connectivity index (χ1v) is 7.55. The lowest BCUT2D eigenvalue weighted by Gasteiger charge is -2.18. The lowest BCUT2D eigenvalue weighted by atomic mass is 10.2. The van der Waals surface area contributed by atoms with E-state index in [1.165, 1.54) is 11.3 Å². The highest BCUT2D eigenvalue weighted by Crippen LogP contribution is 2.14. The van der Waals surface area contributed by atoms with Gasteiger partial charge in [0.25, 0.3) is 0 Å². The van der Waals surface area contributed by atoms with E-state index in [1.807, 2.05) is 16.8 Å². The normalized spacial score (nSPS) is 12.4. The van der Waals surface area contributed by atoms with Crippen LogP contribution in [0.2, 0.25) is 0 Å². The van der Waals surface area contributed by atoms with Crippen LogP contribution in [0.3, 0.4) is 0 Å². The van der Waals surface area contributed by atoms with Crippen LogP contribution in [0.1, 0.15) is 25.5 Å². The molecule has 0 aliphatic rings. The summed E-state index contributed by atoms with van der Waals surface area (Å²) >= 11 is 1.53. The molecule has 3 N–H and O–H groups in total. The van der Waals surface area contributed by atoms with Crippen LogP contribution in [0.5, 0.6) is 0 Å². The number of amides is 2. The second-order valence-corrected chi connectivity index (χ2v) is 5.02. The molecule has 1 aromatic heterocycles. The summed E-state index contributed by atoms with van der Waals surface area (Å²) in [7, 11) is 0. The fourth-order valence-corrected chi connectivity index (χ4v) is 2.41. The van der Waals surface area contributed by atoms with Crippen LogP contribution in [0.15, 0.2) is 16.8 Å².